The Morgan fingerprint density at radius 2 is 2.60 bits per heavy atom. The first-order valence-electron chi connectivity index (χ1n) is 2.92. The van der Waals surface area contributed by atoms with Gasteiger partial charge in [0.2, 0.25) is 5.85 Å². The zero-order chi connectivity index (χ0) is 7.61. The third kappa shape index (κ3) is 1.34. The van der Waals surface area contributed by atoms with Crippen LogP contribution in [0.2, 0.25) is 0 Å². The molecule has 0 aromatic heterocycles. The summed E-state index contributed by atoms with van der Waals surface area (Å²) >= 11 is 0. The summed E-state index contributed by atoms with van der Waals surface area (Å²) in [6, 6.07) is 0. The summed E-state index contributed by atoms with van der Waals surface area (Å²) in [6.07, 6.45) is 4.14. The van der Waals surface area contributed by atoms with E-state index in [-0.39, 0.29) is 0 Å². The van der Waals surface area contributed by atoms with Crippen molar-refractivity contribution in [3.8, 4) is 0 Å². The van der Waals surface area contributed by atoms with Gasteiger partial charge in [0.15, 0.2) is 0 Å². The standard InChI is InChI=1S/C6H10N3O/c1-5-3-8-4-6(7,9-5)10-2/h4,9H,7H2,1-2H3. The first-order valence-corrected chi connectivity index (χ1v) is 2.92. The minimum absolute atomic E-state index is 0.770. The Kier molecular flexibility index (Phi) is 1.74. The number of rotatable bonds is 1. The van der Waals surface area contributed by atoms with Gasteiger partial charge in [-0.25, -0.2) is 0 Å². The second-order valence-electron chi connectivity index (χ2n) is 2.12. The molecule has 0 spiro atoms. The zero-order valence-electron chi connectivity index (χ0n) is 6.01. The molecule has 0 fully saturated rings. The molecule has 1 atom stereocenters. The Morgan fingerprint density at radius 1 is 1.90 bits per heavy atom. The van der Waals surface area contributed by atoms with Crippen LogP contribution in [0.15, 0.2) is 10.7 Å². The number of nitrogens with zero attached hydrogens (tertiary/aromatic N) is 1. The van der Waals surface area contributed by atoms with Crippen LogP contribution < -0.4 is 11.1 Å². The second kappa shape index (κ2) is 2.40. The smallest absolute Gasteiger partial charge is 0.230 e. The van der Waals surface area contributed by atoms with E-state index in [0.717, 1.165) is 5.70 Å². The van der Waals surface area contributed by atoms with Crippen molar-refractivity contribution in [2.75, 3.05) is 7.11 Å². The lowest BCUT2D eigenvalue weighted by molar-refractivity contribution is 0.0374. The van der Waals surface area contributed by atoms with E-state index in [4.69, 9.17) is 10.5 Å². The molecule has 0 saturated carbocycles. The van der Waals surface area contributed by atoms with Gasteiger partial charge >= 0.3 is 0 Å². The van der Waals surface area contributed by atoms with Gasteiger partial charge in [0, 0.05) is 12.8 Å². The number of hydrogen-bond acceptors (Lipinski definition) is 4. The molecule has 1 heterocycles. The maximum Gasteiger partial charge on any atom is 0.230 e. The van der Waals surface area contributed by atoms with Crippen LogP contribution in [0.1, 0.15) is 6.92 Å². The van der Waals surface area contributed by atoms with E-state index in [1.165, 1.54) is 13.3 Å². The topological polar surface area (TPSA) is 59.6 Å². The highest BCUT2D eigenvalue weighted by Crippen LogP contribution is 2.02. The molecule has 1 aliphatic rings. The van der Waals surface area contributed by atoms with Gasteiger partial charge in [-0.15, -0.1) is 0 Å². The summed E-state index contributed by atoms with van der Waals surface area (Å²) in [5.74, 6) is -0.949. The predicted molar refractivity (Wildman–Crippen MR) is 38.0 cm³/mol. The average Bonchev–Trinajstić information content (AvgIpc) is 1.88. The van der Waals surface area contributed by atoms with Gasteiger partial charge < -0.3 is 10.1 Å². The molecule has 55 valence electrons. The summed E-state index contributed by atoms with van der Waals surface area (Å²) in [5.41, 5.74) is 6.38. The molecular weight excluding hydrogens is 130 g/mol. The number of allylic oxidation sites excluding steroid dienone is 1. The molecule has 0 saturated heterocycles. The highest BCUT2D eigenvalue weighted by molar-refractivity contribution is 5.68. The number of nitrogens with one attached hydrogen (secondary N) is 1. The van der Waals surface area contributed by atoms with Crippen molar-refractivity contribution < 1.29 is 4.74 Å². The van der Waals surface area contributed by atoms with Crippen LogP contribution in [-0.4, -0.2) is 19.2 Å². The quantitative estimate of drug-likeness (QED) is 0.486. The lowest BCUT2D eigenvalue weighted by Gasteiger charge is -2.27. The zero-order valence-corrected chi connectivity index (χ0v) is 6.01. The Morgan fingerprint density at radius 3 is 3.00 bits per heavy atom. The van der Waals surface area contributed by atoms with Crippen molar-refractivity contribution in [3.05, 3.63) is 11.9 Å². The third-order valence-corrected chi connectivity index (χ3v) is 1.21. The molecule has 0 amide bonds. The first kappa shape index (κ1) is 7.24. The maximum absolute atomic E-state index is 5.61. The van der Waals surface area contributed by atoms with Gasteiger partial charge in [0.25, 0.3) is 0 Å². The van der Waals surface area contributed by atoms with E-state index < -0.39 is 5.85 Å². The first-order chi connectivity index (χ1) is 4.66. The van der Waals surface area contributed by atoms with E-state index in [9.17, 15) is 0 Å². The van der Waals surface area contributed by atoms with Gasteiger partial charge in [0.1, 0.15) is 6.20 Å². The SMILES string of the molecule is COC1(N)C=N[C]=C(C)N1. The molecule has 0 aromatic rings. The molecule has 4 nitrogen and oxygen atoms in total. The lowest BCUT2D eigenvalue weighted by Crippen LogP contribution is -2.56. The fourth-order valence-electron chi connectivity index (χ4n) is 0.682. The summed E-state index contributed by atoms with van der Waals surface area (Å²) in [6.45, 7) is 1.82. The van der Waals surface area contributed by atoms with Crippen LogP contribution >= 0.6 is 0 Å². The number of nitrogens with two attached hydrogens (primary N) is 1. The van der Waals surface area contributed by atoms with Gasteiger partial charge in [-0.05, 0) is 6.92 Å². The maximum atomic E-state index is 5.61. The van der Waals surface area contributed by atoms with E-state index >= 15 is 0 Å². The normalized spacial score (nSPS) is 31.3. The van der Waals surface area contributed by atoms with Crippen LogP contribution in [0.4, 0.5) is 0 Å². The summed E-state index contributed by atoms with van der Waals surface area (Å²) in [7, 11) is 1.51. The Balaban J connectivity index is 2.71. The van der Waals surface area contributed by atoms with Crippen LogP contribution in [0, 0.1) is 6.20 Å². The molecule has 1 unspecified atom stereocenters. The van der Waals surface area contributed by atoms with E-state index in [0.29, 0.717) is 0 Å². The molecule has 0 aromatic carbocycles. The molecule has 1 radical (unpaired) electrons. The number of aliphatic imine (C=N–C) groups is 1. The predicted octanol–water partition coefficient (Wildman–Crippen LogP) is -0.416. The molecule has 0 bridgehead atoms. The largest absolute Gasteiger partial charge is 0.342 e. The lowest BCUT2D eigenvalue weighted by atomic mass is 10.3. The molecule has 10 heavy (non-hydrogen) atoms. The molecule has 3 N–H and O–H groups in total. The van der Waals surface area contributed by atoms with Gasteiger partial charge in [-0.2, -0.15) is 0 Å². The number of ether oxygens (including phenoxy) is 1. The molecular formula is C6H10N3O. The molecule has 1 rings (SSSR count). The van der Waals surface area contributed by atoms with Gasteiger partial charge in [-0.1, -0.05) is 0 Å². The molecule has 0 aliphatic carbocycles. The Labute approximate surface area is 59.8 Å². The van der Waals surface area contributed by atoms with Crippen molar-refractivity contribution in [2.45, 2.75) is 12.8 Å². The molecule has 1 aliphatic heterocycles. The fourth-order valence-corrected chi connectivity index (χ4v) is 0.682. The van der Waals surface area contributed by atoms with Crippen LogP contribution in [0.25, 0.3) is 0 Å². The average molecular weight is 140 g/mol. The van der Waals surface area contributed by atoms with Crippen molar-refractivity contribution in [1.82, 2.24) is 5.32 Å². The highest BCUT2D eigenvalue weighted by Gasteiger charge is 2.22. The summed E-state index contributed by atoms with van der Waals surface area (Å²) in [5, 5.41) is 2.85. The fraction of sp³-hybridized carbons (Fsp3) is 0.500. The monoisotopic (exact) mass is 140 g/mol. The van der Waals surface area contributed by atoms with Crippen LogP contribution in [0.3, 0.4) is 0 Å². The number of methoxy groups -OCH3 is 1. The van der Waals surface area contributed by atoms with Gasteiger partial charge in [-0.3, -0.25) is 10.7 Å². The van der Waals surface area contributed by atoms with Gasteiger partial charge in [0.05, 0.1) is 6.21 Å². The highest BCUT2D eigenvalue weighted by atomic mass is 16.5. The van der Waals surface area contributed by atoms with Crippen molar-refractivity contribution in [1.29, 1.82) is 0 Å². The number of hydrogen-bond donors (Lipinski definition) is 2. The minimum Gasteiger partial charge on any atom is -0.342 e. The second-order valence-corrected chi connectivity index (χ2v) is 2.12. The summed E-state index contributed by atoms with van der Waals surface area (Å²) < 4.78 is 4.91. The Hall–Kier alpha value is -0.870. The summed E-state index contributed by atoms with van der Waals surface area (Å²) in [4.78, 5) is 3.76. The minimum atomic E-state index is -0.949. The van der Waals surface area contributed by atoms with Crippen molar-refractivity contribution in [2.24, 2.45) is 10.7 Å². The van der Waals surface area contributed by atoms with E-state index in [1.807, 2.05) is 6.92 Å². The third-order valence-electron chi connectivity index (χ3n) is 1.21. The van der Waals surface area contributed by atoms with E-state index in [1.54, 1.807) is 0 Å². The molecule has 4 heteroatoms. The van der Waals surface area contributed by atoms with E-state index in [2.05, 4.69) is 16.5 Å². The van der Waals surface area contributed by atoms with Crippen LogP contribution in [0.5, 0.6) is 0 Å². The van der Waals surface area contributed by atoms with Crippen molar-refractivity contribution in [3.63, 3.8) is 0 Å². The Bertz CT molecular complexity index is 187. The van der Waals surface area contributed by atoms with Crippen LogP contribution in [-0.2, 0) is 4.74 Å². The van der Waals surface area contributed by atoms with Crippen molar-refractivity contribution >= 4 is 6.21 Å².